The molecule has 0 saturated carbocycles. The summed E-state index contributed by atoms with van der Waals surface area (Å²) < 4.78 is 14.0. The van der Waals surface area contributed by atoms with Crippen LogP contribution in [0, 0.1) is 0 Å². The lowest BCUT2D eigenvalue weighted by Crippen LogP contribution is -2.20. The van der Waals surface area contributed by atoms with E-state index < -0.39 is 34.0 Å². The molecule has 0 radical (unpaired) electrons. The van der Waals surface area contributed by atoms with Crippen molar-refractivity contribution >= 4 is 17.1 Å². The van der Waals surface area contributed by atoms with Crippen molar-refractivity contribution in [1.82, 2.24) is 14.5 Å². The number of carboxylic acids is 1. The van der Waals surface area contributed by atoms with Crippen molar-refractivity contribution in [1.29, 1.82) is 0 Å². The molecule has 3 N–H and O–H groups in total. The van der Waals surface area contributed by atoms with E-state index in [1.165, 1.54) is 0 Å². The number of fused-ring (bicyclic) bond motifs is 3. The highest BCUT2D eigenvalue weighted by molar-refractivity contribution is 7.90. The first-order valence-electron chi connectivity index (χ1n) is 8.54. The van der Waals surface area contributed by atoms with Gasteiger partial charge >= 0.3 is 5.97 Å². The first kappa shape index (κ1) is 18.5. The van der Waals surface area contributed by atoms with Gasteiger partial charge in [0.15, 0.2) is 17.1 Å². The van der Waals surface area contributed by atoms with Crippen molar-refractivity contribution < 1.29 is 19.6 Å². The minimum Gasteiger partial charge on any atom is -0.616 e. The Hall–Kier alpha value is -2.26. The zero-order chi connectivity index (χ0) is 19.0. The fourth-order valence-electron chi connectivity index (χ4n) is 3.43. The van der Waals surface area contributed by atoms with Crippen LogP contribution in [0.25, 0.3) is 11.4 Å². The number of carbonyl (C=O) groups is 1. The van der Waals surface area contributed by atoms with Crippen molar-refractivity contribution in [3.05, 3.63) is 33.0 Å². The molecule has 0 fully saturated rings. The Balaban J connectivity index is 2.23. The van der Waals surface area contributed by atoms with Gasteiger partial charge in [-0.25, -0.2) is 9.78 Å². The third kappa shape index (κ3) is 3.01. The van der Waals surface area contributed by atoms with Crippen LogP contribution in [0.3, 0.4) is 0 Å². The zero-order valence-corrected chi connectivity index (χ0v) is 15.5. The largest absolute Gasteiger partial charge is 0.616 e. The highest BCUT2D eigenvalue weighted by Gasteiger charge is 2.29. The number of aromatic carboxylic acids is 1. The predicted molar refractivity (Wildman–Crippen MR) is 97.0 cm³/mol. The number of rotatable bonds is 5. The van der Waals surface area contributed by atoms with E-state index in [0.717, 1.165) is 5.69 Å². The van der Waals surface area contributed by atoms with Gasteiger partial charge in [0, 0.05) is 17.8 Å². The van der Waals surface area contributed by atoms with Gasteiger partial charge in [0.25, 0.3) is 5.56 Å². The SMILES string of the molecule is CCn1c(C[S+]([O-])CC)nc2c1CCCc1c-2[nH]c(=O)c(C(=O)O)c1O. The lowest BCUT2D eigenvalue weighted by atomic mass is 10.0. The maximum absolute atomic E-state index is 12.2. The van der Waals surface area contributed by atoms with Crippen LogP contribution in [0.1, 0.15) is 47.7 Å². The highest BCUT2D eigenvalue weighted by atomic mass is 32.2. The Labute approximate surface area is 153 Å². The molecule has 1 aliphatic carbocycles. The second-order valence-corrected chi connectivity index (χ2v) is 7.88. The second-order valence-electron chi connectivity index (χ2n) is 6.13. The number of hydrogen-bond acceptors (Lipinski definition) is 5. The Morgan fingerprint density at radius 1 is 1.38 bits per heavy atom. The van der Waals surface area contributed by atoms with E-state index >= 15 is 0 Å². The number of pyridine rings is 1. The van der Waals surface area contributed by atoms with Crippen molar-refractivity contribution in [3.8, 4) is 17.1 Å². The maximum atomic E-state index is 12.2. The van der Waals surface area contributed by atoms with Gasteiger partial charge < -0.3 is 24.3 Å². The molecule has 0 spiro atoms. The standard InChI is InChI=1S/C17H21N3O5S/c1-3-20-10-7-5-6-9-13(14(10)18-11(20)8-26(25)4-2)19-16(22)12(15(9)21)17(23)24/h3-8H2,1-2H3,(H,23,24)(H2,19,21,22). The summed E-state index contributed by atoms with van der Waals surface area (Å²) in [6.07, 6.45) is 1.79. The quantitative estimate of drug-likeness (QED) is 0.673. The summed E-state index contributed by atoms with van der Waals surface area (Å²) in [5, 5.41) is 19.6. The zero-order valence-electron chi connectivity index (χ0n) is 14.7. The molecular weight excluding hydrogens is 358 g/mol. The number of aromatic nitrogens is 3. The third-order valence-corrected chi connectivity index (χ3v) is 5.89. The Morgan fingerprint density at radius 2 is 2.12 bits per heavy atom. The number of hydrogen-bond donors (Lipinski definition) is 3. The molecular formula is C17H21N3O5S. The lowest BCUT2D eigenvalue weighted by molar-refractivity contribution is 0.0691. The van der Waals surface area contributed by atoms with Crippen LogP contribution >= 0.6 is 0 Å². The Kier molecular flexibility index (Phi) is 5.10. The predicted octanol–water partition coefficient (Wildman–Crippen LogP) is 1.42. The number of carboxylic acid groups (broad SMARTS) is 1. The van der Waals surface area contributed by atoms with E-state index in [2.05, 4.69) is 9.97 Å². The molecule has 1 unspecified atom stereocenters. The fourth-order valence-corrected chi connectivity index (χ4v) is 4.14. The summed E-state index contributed by atoms with van der Waals surface area (Å²) in [4.78, 5) is 30.7. The van der Waals surface area contributed by atoms with Crippen LogP contribution in [0.5, 0.6) is 5.75 Å². The first-order valence-corrected chi connectivity index (χ1v) is 10.0. The molecule has 0 aliphatic heterocycles. The normalized spacial score (nSPS) is 14.4. The van der Waals surface area contributed by atoms with Crippen LogP contribution in [-0.2, 0) is 36.3 Å². The molecule has 1 atom stereocenters. The Morgan fingerprint density at radius 3 is 2.73 bits per heavy atom. The van der Waals surface area contributed by atoms with Crippen LogP contribution in [0.4, 0.5) is 0 Å². The molecule has 9 heteroatoms. The summed E-state index contributed by atoms with van der Waals surface area (Å²) in [5.74, 6) is -0.441. The highest BCUT2D eigenvalue weighted by Crippen LogP contribution is 2.36. The minimum atomic E-state index is -1.46. The van der Waals surface area contributed by atoms with Gasteiger partial charge in [-0.1, -0.05) is 0 Å². The number of H-pyrrole nitrogens is 1. The molecule has 3 rings (SSSR count). The summed E-state index contributed by atoms with van der Waals surface area (Å²) in [5.41, 5.74) is 0.699. The second kappa shape index (κ2) is 7.16. The Bertz CT molecular complexity index is 918. The van der Waals surface area contributed by atoms with E-state index in [0.29, 0.717) is 60.1 Å². The molecule has 2 aromatic heterocycles. The van der Waals surface area contributed by atoms with Crippen LogP contribution < -0.4 is 5.56 Å². The average molecular weight is 379 g/mol. The fraction of sp³-hybridized carbons (Fsp3) is 0.471. The number of nitrogens with one attached hydrogen (secondary N) is 1. The summed E-state index contributed by atoms with van der Waals surface area (Å²) in [7, 11) is 0. The van der Waals surface area contributed by atoms with Crippen molar-refractivity contribution in [2.24, 2.45) is 0 Å². The number of aromatic hydroxyl groups is 1. The lowest BCUT2D eigenvalue weighted by Gasteiger charge is -2.11. The van der Waals surface area contributed by atoms with Gasteiger partial charge in [-0.3, -0.25) is 4.79 Å². The topological polar surface area (TPSA) is 131 Å². The third-order valence-electron chi connectivity index (χ3n) is 4.66. The molecule has 0 aromatic carbocycles. The van der Waals surface area contributed by atoms with E-state index in [9.17, 15) is 24.4 Å². The van der Waals surface area contributed by atoms with Gasteiger partial charge in [-0.2, -0.15) is 0 Å². The van der Waals surface area contributed by atoms with Gasteiger partial charge in [0.05, 0.1) is 5.69 Å². The first-order chi connectivity index (χ1) is 12.4. The summed E-state index contributed by atoms with van der Waals surface area (Å²) in [6, 6.07) is 0. The van der Waals surface area contributed by atoms with Crippen molar-refractivity contribution in [2.75, 3.05) is 5.75 Å². The molecule has 0 amide bonds. The van der Waals surface area contributed by atoms with Gasteiger partial charge in [0.1, 0.15) is 17.2 Å². The molecule has 1 aliphatic rings. The van der Waals surface area contributed by atoms with E-state index in [4.69, 9.17) is 0 Å². The van der Waals surface area contributed by atoms with Gasteiger partial charge in [-0.05, 0) is 44.3 Å². The van der Waals surface area contributed by atoms with Crippen LogP contribution in [0.15, 0.2) is 4.79 Å². The smallest absolute Gasteiger partial charge is 0.345 e. The molecule has 26 heavy (non-hydrogen) atoms. The van der Waals surface area contributed by atoms with Gasteiger partial charge in [0.2, 0.25) is 0 Å². The number of aromatic amines is 1. The number of imidazole rings is 1. The van der Waals surface area contributed by atoms with Crippen LogP contribution in [0.2, 0.25) is 0 Å². The van der Waals surface area contributed by atoms with E-state index in [1.54, 1.807) is 0 Å². The molecule has 140 valence electrons. The minimum absolute atomic E-state index is 0.316. The molecule has 2 heterocycles. The summed E-state index contributed by atoms with van der Waals surface area (Å²) in [6.45, 7) is 4.47. The van der Waals surface area contributed by atoms with Crippen molar-refractivity contribution in [2.45, 2.75) is 45.4 Å². The van der Waals surface area contributed by atoms with E-state index in [1.807, 2.05) is 18.4 Å². The molecule has 0 bridgehead atoms. The van der Waals surface area contributed by atoms with Crippen molar-refractivity contribution in [3.63, 3.8) is 0 Å². The molecule has 8 nitrogen and oxygen atoms in total. The van der Waals surface area contributed by atoms with Gasteiger partial charge in [-0.15, -0.1) is 0 Å². The monoisotopic (exact) mass is 379 g/mol. The average Bonchev–Trinajstić information content (AvgIpc) is 2.82. The number of nitrogens with zero attached hydrogens (tertiary/aromatic N) is 2. The van der Waals surface area contributed by atoms with Crippen LogP contribution in [-0.4, -0.2) is 41.0 Å². The molecule has 2 aromatic rings. The molecule has 0 saturated heterocycles. The van der Waals surface area contributed by atoms with E-state index in [-0.39, 0.29) is 0 Å². The maximum Gasteiger partial charge on any atom is 0.345 e. The summed E-state index contributed by atoms with van der Waals surface area (Å²) >= 11 is -1.03.